The van der Waals surface area contributed by atoms with Crippen LogP contribution in [0, 0.1) is 0 Å². The zero-order chi connectivity index (χ0) is 23.1. The molecule has 34 heavy (non-hydrogen) atoms. The first-order chi connectivity index (χ1) is 16.7. The zero-order valence-electron chi connectivity index (χ0n) is 18.0. The summed E-state index contributed by atoms with van der Waals surface area (Å²) in [5.41, 5.74) is 2.58. The van der Waals surface area contributed by atoms with E-state index >= 15 is 0 Å². The molecule has 0 N–H and O–H groups in total. The molecule has 0 aliphatic rings. The van der Waals surface area contributed by atoms with Gasteiger partial charge in [0.15, 0.2) is 11.5 Å². The third kappa shape index (κ3) is 3.16. The van der Waals surface area contributed by atoms with Gasteiger partial charge in [-0.2, -0.15) is 0 Å². The molecule has 0 bridgehead atoms. The molecule has 4 heteroatoms. The largest absolute Gasteiger partial charge is 0.452 e. The van der Waals surface area contributed by atoms with Gasteiger partial charge in [0.1, 0.15) is 11.2 Å². The summed E-state index contributed by atoms with van der Waals surface area (Å²) in [4.78, 5) is 27.5. The third-order valence-corrected chi connectivity index (χ3v) is 5.93. The fourth-order valence-corrected chi connectivity index (χ4v) is 4.34. The second-order valence-electron chi connectivity index (χ2n) is 7.99. The summed E-state index contributed by atoms with van der Waals surface area (Å²) in [7, 11) is 0. The van der Waals surface area contributed by atoms with Gasteiger partial charge in [0.25, 0.3) is 0 Å². The Morgan fingerprint density at radius 3 is 1.18 bits per heavy atom. The van der Waals surface area contributed by atoms with Crippen LogP contribution in [-0.4, -0.2) is 0 Å². The van der Waals surface area contributed by atoms with Crippen LogP contribution in [0.4, 0.5) is 0 Å². The van der Waals surface area contributed by atoms with E-state index in [-0.39, 0.29) is 22.4 Å². The lowest BCUT2D eigenvalue weighted by Gasteiger charge is -2.14. The van der Waals surface area contributed by atoms with Crippen LogP contribution >= 0.6 is 0 Å². The van der Waals surface area contributed by atoms with Gasteiger partial charge in [0.05, 0.1) is 21.9 Å². The van der Waals surface area contributed by atoms with E-state index in [1.807, 2.05) is 72.8 Å². The van der Waals surface area contributed by atoms with Crippen LogP contribution in [0.15, 0.2) is 128 Å². The van der Waals surface area contributed by atoms with Crippen molar-refractivity contribution < 1.29 is 8.83 Å². The summed E-state index contributed by atoms with van der Waals surface area (Å²) in [5, 5.41) is 0.934. The zero-order valence-corrected chi connectivity index (χ0v) is 18.0. The molecule has 0 spiro atoms. The Morgan fingerprint density at radius 2 is 0.765 bits per heavy atom. The first kappa shape index (κ1) is 19.9. The van der Waals surface area contributed by atoms with E-state index in [1.165, 1.54) is 0 Å². The van der Waals surface area contributed by atoms with Gasteiger partial charge in [0, 0.05) is 0 Å². The van der Waals surface area contributed by atoms with Crippen LogP contribution < -0.4 is 10.9 Å². The molecule has 0 aliphatic carbocycles. The molecule has 0 atom stereocenters. The van der Waals surface area contributed by atoms with Crippen molar-refractivity contribution in [2.24, 2.45) is 0 Å². The van der Waals surface area contributed by atoms with Crippen LogP contribution in [0.25, 0.3) is 55.7 Å². The normalized spacial score (nSPS) is 11.2. The number of hydrogen-bond acceptors (Lipinski definition) is 4. The van der Waals surface area contributed by atoms with Crippen molar-refractivity contribution in [2.45, 2.75) is 0 Å². The summed E-state index contributed by atoms with van der Waals surface area (Å²) >= 11 is 0. The molecule has 0 amide bonds. The van der Waals surface area contributed by atoms with E-state index in [0.29, 0.717) is 44.2 Å². The van der Waals surface area contributed by atoms with E-state index in [0.717, 1.165) is 0 Å². The molecule has 162 valence electrons. The van der Waals surface area contributed by atoms with E-state index in [9.17, 15) is 9.59 Å². The first-order valence-electron chi connectivity index (χ1n) is 11.0. The van der Waals surface area contributed by atoms with Gasteiger partial charge in [-0.25, -0.2) is 0 Å². The Labute approximate surface area is 194 Å². The van der Waals surface area contributed by atoms with E-state index in [2.05, 4.69) is 0 Å². The van der Waals surface area contributed by atoms with Gasteiger partial charge in [-0.1, -0.05) is 84.9 Å². The van der Waals surface area contributed by atoms with Crippen LogP contribution in [0.3, 0.4) is 0 Å². The Hall–Kier alpha value is -4.70. The maximum atomic E-state index is 13.7. The van der Waals surface area contributed by atoms with E-state index < -0.39 is 0 Å². The second-order valence-corrected chi connectivity index (χ2v) is 7.99. The van der Waals surface area contributed by atoms with Crippen molar-refractivity contribution >= 4 is 21.9 Å². The molecule has 6 aromatic rings. The van der Waals surface area contributed by atoms with Crippen LogP contribution in [-0.2, 0) is 0 Å². The topological polar surface area (TPSA) is 60.4 Å². The quantitative estimate of drug-likeness (QED) is 0.299. The van der Waals surface area contributed by atoms with Crippen molar-refractivity contribution in [1.29, 1.82) is 0 Å². The average molecular weight is 442 g/mol. The van der Waals surface area contributed by atoms with Crippen molar-refractivity contribution in [1.82, 2.24) is 0 Å². The number of hydrogen-bond donors (Lipinski definition) is 0. The molecule has 0 aliphatic heterocycles. The number of benzene rings is 4. The molecule has 2 heterocycles. The highest BCUT2D eigenvalue weighted by Crippen LogP contribution is 2.38. The van der Waals surface area contributed by atoms with Gasteiger partial charge < -0.3 is 8.83 Å². The standard InChI is InChI=1S/C30H18O4/c31-27-21-15-7-9-17-23(21)33-29(25(27)19-11-3-1-4-12-19)30-26(20-13-5-2-6-14-20)28(32)22-16-8-10-18-24(22)34-30/h1-18H. The molecule has 2 aromatic heterocycles. The fourth-order valence-electron chi connectivity index (χ4n) is 4.34. The van der Waals surface area contributed by atoms with Crippen LogP contribution in [0.2, 0.25) is 0 Å². The minimum Gasteiger partial charge on any atom is -0.452 e. The highest BCUT2D eigenvalue weighted by Gasteiger charge is 2.25. The number of rotatable bonds is 3. The molecule has 0 unspecified atom stereocenters. The van der Waals surface area contributed by atoms with E-state index in [1.54, 1.807) is 36.4 Å². The first-order valence-corrected chi connectivity index (χ1v) is 11.0. The van der Waals surface area contributed by atoms with Crippen molar-refractivity contribution in [2.75, 3.05) is 0 Å². The molecular formula is C30H18O4. The third-order valence-electron chi connectivity index (χ3n) is 5.93. The van der Waals surface area contributed by atoms with Gasteiger partial charge in [0.2, 0.25) is 10.9 Å². The Morgan fingerprint density at radius 1 is 0.412 bits per heavy atom. The molecule has 0 radical (unpaired) electrons. The van der Waals surface area contributed by atoms with Gasteiger partial charge in [-0.05, 0) is 35.4 Å². The highest BCUT2D eigenvalue weighted by molar-refractivity contribution is 5.94. The van der Waals surface area contributed by atoms with Crippen LogP contribution in [0.5, 0.6) is 0 Å². The molecule has 0 saturated heterocycles. The lowest BCUT2D eigenvalue weighted by Crippen LogP contribution is -2.11. The Kier molecular flexibility index (Phi) is 4.70. The molecule has 6 rings (SSSR count). The summed E-state index contributed by atoms with van der Waals surface area (Å²) in [6.45, 7) is 0. The lowest BCUT2D eigenvalue weighted by atomic mass is 9.96. The van der Waals surface area contributed by atoms with Gasteiger partial charge >= 0.3 is 0 Å². The second kappa shape index (κ2) is 8.01. The highest BCUT2D eigenvalue weighted by atomic mass is 16.4. The maximum absolute atomic E-state index is 13.7. The summed E-state index contributed by atoms with van der Waals surface area (Å²) in [6.07, 6.45) is 0. The average Bonchev–Trinajstić information content (AvgIpc) is 2.89. The van der Waals surface area contributed by atoms with Crippen molar-refractivity contribution in [3.63, 3.8) is 0 Å². The monoisotopic (exact) mass is 442 g/mol. The predicted molar refractivity (Wildman–Crippen MR) is 135 cm³/mol. The van der Waals surface area contributed by atoms with E-state index in [4.69, 9.17) is 8.83 Å². The molecule has 4 aromatic carbocycles. The molecular weight excluding hydrogens is 424 g/mol. The predicted octanol–water partition coefficient (Wildman–Crippen LogP) is 6.90. The van der Waals surface area contributed by atoms with Crippen molar-refractivity contribution in [3.8, 4) is 33.8 Å². The summed E-state index contributed by atoms with van der Waals surface area (Å²) < 4.78 is 12.7. The molecule has 4 nitrogen and oxygen atoms in total. The smallest absolute Gasteiger partial charge is 0.201 e. The van der Waals surface area contributed by atoms with Crippen LogP contribution in [0.1, 0.15) is 0 Å². The summed E-state index contributed by atoms with van der Waals surface area (Å²) in [5.74, 6) is 0.466. The minimum absolute atomic E-state index is 0.183. The lowest BCUT2D eigenvalue weighted by molar-refractivity contribution is 0.557. The fraction of sp³-hybridized carbons (Fsp3) is 0. The van der Waals surface area contributed by atoms with Crippen molar-refractivity contribution in [3.05, 3.63) is 130 Å². The van der Waals surface area contributed by atoms with Gasteiger partial charge in [-0.3, -0.25) is 9.59 Å². The Balaban J connectivity index is 1.82. The number of fused-ring (bicyclic) bond motifs is 2. The number of para-hydroxylation sites is 2. The maximum Gasteiger partial charge on any atom is 0.201 e. The summed E-state index contributed by atoms with van der Waals surface area (Å²) in [6, 6.07) is 32.8. The SMILES string of the molecule is O=c1c(-c2ccccc2)c(-c2oc3ccccc3c(=O)c2-c2ccccc2)oc2ccccc12. The minimum atomic E-state index is -0.183. The molecule has 0 saturated carbocycles. The van der Waals surface area contributed by atoms with Gasteiger partial charge in [-0.15, -0.1) is 0 Å². The Bertz CT molecular complexity index is 1640. The molecule has 0 fully saturated rings.